The maximum absolute atomic E-state index is 11.6. The molecule has 1 aromatic carbocycles. The molecule has 18 heavy (non-hydrogen) atoms. The first kappa shape index (κ1) is 15.3. The van der Waals surface area contributed by atoms with Gasteiger partial charge >= 0.3 is 6.36 Å². The summed E-state index contributed by atoms with van der Waals surface area (Å²) in [5.74, 6) is 0.754. The van der Waals surface area contributed by atoms with Gasteiger partial charge in [-0.2, -0.15) is 0 Å². The van der Waals surface area contributed by atoms with E-state index in [0.29, 0.717) is 25.9 Å². The Morgan fingerprint density at radius 1 is 0.944 bits per heavy atom. The van der Waals surface area contributed by atoms with Gasteiger partial charge in [0.05, 0.1) is 13.2 Å². The molecule has 1 rings (SSSR count). The minimum absolute atomic E-state index is 0.290. The average molecular weight is 327 g/mol. The minimum atomic E-state index is -4.52. The Kier molecular flexibility index (Phi) is 6.49. The van der Waals surface area contributed by atoms with E-state index in [2.05, 4.69) is 20.7 Å². The summed E-state index contributed by atoms with van der Waals surface area (Å²) in [4.78, 5) is 0. The van der Waals surface area contributed by atoms with Crippen LogP contribution in [-0.4, -0.2) is 19.6 Å². The highest BCUT2D eigenvalue weighted by Crippen LogP contribution is 2.17. The van der Waals surface area contributed by atoms with Crippen molar-refractivity contribution in [1.29, 1.82) is 0 Å². The summed E-state index contributed by atoms with van der Waals surface area (Å²) in [6, 6.07) is 7.40. The number of benzene rings is 1. The summed E-state index contributed by atoms with van der Waals surface area (Å²) in [5, 5.41) is 0. The van der Waals surface area contributed by atoms with E-state index in [4.69, 9.17) is 4.74 Å². The predicted molar refractivity (Wildman–Crippen MR) is 65.5 cm³/mol. The van der Waals surface area contributed by atoms with E-state index >= 15 is 0 Å². The molecule has 0 radical (unpaired) electrons. The topological polar surface area (TPSA) is 18.5 Å². The molecule has 0 atom stereocenters. The minimum Gasteiger partial charge on any atom is -0.494 e. The summed E-state index contributed by atoms with van der Waals surface area (Å²) < 4.78 is 45.0. The highest BCUT2D eigenvalue weighted by molar-refractivity contribution is 9.10. The fourth-order valence-electron chi connectivity index (χ4n) is 1.29. The molecule has 0 saturated heterocycles. The quantitative estimate of drug-likeness (QED) is 0.685. The molecule has 102 valence electrons. The largest absolute Gasteiger partial charge is 0.522 e. The summed E-state index contributed by atoms with van der Waals surface area (Å²) in [5.41, 5.74) is 0. The Morgan fingerprint density at radius 3 is 2.17 bits per heavy atom. The van der Waals surface area contributed by atoms with E-state index < -0.39 is 6.36 Å². The van der Waals surface area contributed by atoms with Crippen molar-refractivity contribution >= 4 is 15.9 Å². The van der Waals surface area contributed by atoms with E-state index in [9.17, 15) is 13.2 Å². The standard InChI is InChI=1S/C12H14BrF3O2/c13-10-4-6-11(7-5-10)17-8-2-1-3-9-18-12(14,15)16/h4-7H,1-3,8-9H2. The Bertz CT molecular complexity index is 338. The molecule has 0 aliphatic carbocycles. The third-order valence-corrected chi connectivity index (χ3v) is 2.67. The average Bonchev–Trinajstić information content (AvgIpc) is 2.29. The zero-order valence-corrected chi connectivity index (χ0v) is 11.3. The first-order valence-electron chi connectivity index (χ1n) is 5.56. The maximum atomic E-state index is 11.6. The molecule has 0 N–H and O–H groups in total. The van der Waals surface area contributed by atoms with Crippen molar-refractivity contribution in [2.24, 2.45) is 0 Å². The van der Waals surface area contributed by atoms with Crippen LogP contribution >= 0.6 is 15.9 Å². The van der Waals surface area contributed by atoms with Crippen molar-refractivity contribution in [3.05, 3.63) is 28.7 Å². The number of ether oxygens (including phenoxy) is 2. The molecule has 0 bridgehead atoms. The Hall–Kier alpha value is -0.750. The summed E-state index contributed by atoms with van der Waals surface area (Å²) >= 11 is 3.31. The van der Waals surface area contributed by atoms with Crippen LogP contribution in [0, 0.1) is 0 Å². The number of hydrogen-bond acceptors (Lipinski definition) is 2. The van der Waals surface area contributed by atoms with Crippen LogP contribution in [0.2, 0.25) is 0 Å². The molecule has 0 fully saturated rings. The fourth-order valence-corrected chi connectivity index (χ4v) is 1.55. The van der Waals surface area contributed by atoms with Crippen molar-refractivity contribution < 1.29 is 22.6 Å². The van der Waals surface area contributed by atoms with Crippen LogP contribution in [0.25, 0.3) is 0 Å². The van der Waals surface area contributed by atoms with Crippen LogP contribution in [0.3, 0.4) is 0 Å². The van der Waals surface area contributed by atoms with Gasteiger partial charge in [-0.25, -0.2) is 0 Å². The van der Waals surface area contributed by atoms with Crippen LogP contribution in [0.5, 0.6) is 5.75 Å². The van der Waals surface area contributed by atoms with Crippen molar-refractivity contribution in [1.82, 2.24) is 0 Å². The molecule has 0 amide bonds. The van der Waals surface area contributed by atoms with Gasteiger partial charge in [0.1, 0.15) is 5.75 Å². The first-order chi connectivity index (χ1) is 8.47. The second-order valence-electron chi connectivity index (χ2n) is 3.66. The van der Waals surface area contributed by atoms with Gasteiger partial charge in [-0.15, -0.1) is 13.2 Å². The van der Waals surface area contributed by atoms with E-state index in [1.54, 1.807) is 0 Å². The zero-order chi connectivity index (χ0) is 13.4. The Labute approximate surface area is 112 Å². The molecule has 0 aliphatic heterocycles. The lowest BCUT2D eigenvalue weighted by atomic mass is 10.2. The van der Waals surface area contributed by atoms with Gasteiger partial charge in [0.15, 0.2) is 0 Å². The van der Waals surface area contributed by atoms with Crippen molar-refractivity contribution in [3.8, 4) is 5.75 Å². The van der Waals surface area contributed by atoms with Gasteiger partial charge in [-0.3, -0.25) is 4.74 Å². The van der Waals surface area contributed by atoms with Gasteiger partial charge in [-0.1, -0.05) is 15.9 Å². The number of hydrogen-bond donors (Lipinski definition) is 0. The first-order valence-corrected chi connectivity index (χ1v) is 6.36. The highest BCUT2D eigenvalue weighted by Gasteiger charge is 2.28. The van der Waals surface area contributed by atoms with E-state index in [1.807, 2.05) is 24.3 Å². The molecule has 2 nitrogen and oxygen atoms in total. The van der Waals surface area contributed by atoms with Gasteiger partial charge in [0, 0.05) is 4.47 Å². The smallest absolute Gasteiger partial charge is 0.494 e. The molecule has 0 spiro atoms. The van der Waals surface area contributed by atoms with E-state index in [-0.39, 0.29) is 6.61 Å². The van der Waals surface area contributed by atoms with Crippen molar-refractivity contribution in [2.45, 2.75) is 25.6 Å². The van der Waals surface area contributed by atoms with E-state index in [0.717, 1.165) is 10.2 Å². The molecule has 0 unspecified atom stereocenters. The Morgan fingerprint density at radius 2 is 1.56 bits per heavy atom. The van der Waals surface area contributed by atoms with Crippen LogP contribution in [0.4, 0.5) is 13.2 Å². The SMILES string of the molecule is FC(F)(F)OCCCCCOc1ccc(Br)cc1. The van der Waals surface area contributed by atoms with E-state index in [1.165, 1.54) is 0 Å². The molecule has 0 aromatic heterocycles. The van der Waals surface area contributed by atoms with Gasteiger partial charge in [0.2, 0.25) is 0 Å². The molecular formula is C12H14BrF3O2. The molecule has 6 heteroatoms. The lowest BCUT2D eigenvalue weighted by Gasteiger charge is -2.08. The maximum Gasteiger partial charge on any atom is 0.522 e. The third kappa shape index (κ3) is 7.55. The van der Waals surface area contributed by atoms with Gasteiger partial charge in [0.25, 0.3) is 0 Å². The molecular weight excluding hydrogens is 313 g/mol. The van der Waals surface area contributed by atoms with Crippen LogP contribution in [-0.2, 0) is 4.74 Å². The molecule has 0 saturated carbocycles. The highest BCUT2D eigenvalue weighted by atomic mass is 79.9. The Balaban J connectivity index is 2.00. The fraction of sp³-hybridized carbons (Fsp3) is 0.500. The summed E-state index contributed by atoms with van der Waals surface area (Å²) in [6.45, 7) is 0.204. The van der Waals surface area contributed by atoms with Gasteiger partial charge in [-0.05, 0) is 43.5 Å². The van der Waals surface area contributed by atoms with Crippen LogP contribution in [0.1, 0.15) is 19.3 Å². The second-order valence-corrected chi connectivity index (χ2v) is 4.57. The number of alkyl halides is 3. The molecule has 1 aromatic rings. The zero-order valence-electron chi connectivity index (χ0n) is 9.67. The second kappa shape index (κ2) is 7.63. The van der Waals surface area contributed by atoms with Crippen LogP contribution in [0.15, 0.2) is 28.7 Å². The van der Waals surface area contributed by atoms with Crippen molar-refractivity contribution in [3.63, 3.8) is 0 Å². The lowest BCUT2D eigenvalue weighted by Crippen LogP contribution is -2.14. The normalized spacial score (nSPS) is 11.6. The van der Waals surface area contributed by atoms with Crippen LogP contribution < -0.4 is 4.74 Å². The predicted octanol–water partition coefficient (Wildman–Crippen LogP) is 4.53. The molecule has 0 aliphatic rings. The number of unbranched alkanes of at least 4 members (excludes halogenated alkanes) is 2. The molecule has 0 heterocycles. The summed E-state index contributed by atoms with van der Waals surface area (Å²) in [6.07, 6.45) is -2.79. The number of halogens is 4. The third-order valence-electron chi connectivity index (χ3n) is 2.14. The van der Waals surface area contributed by atoms with Gasteiger partial charge < -0.3 is 4.74 Å². The van der Waals surface area contributed by atoms with Crippen molar-refractivity contribution in [2.75, 3.05) is 13.2 Å². The monoisotopic (exact) mass is 326 g/mol. The number of rotatable bonds is 7. The summed E-state index contributed by atoms with van der Waals surface area (Å²) in [7, 11) is 0. The lowest BCUT2D eigenvalue weighted by molar-refractivity contribution is -0.324.